The second-order valence-electron chi connectivity index (χ2n) is 4.98. The molecule has 0 saturated heterocycles. The van der Waals surface area contributed by atoms with Gasteiger partial charge >= 0.3 is 0 Å². The molecule has 0 bridgehead atoms. The first-order chi connectivity index (χ1) is 9.63. The third-order valence-electron chi connectivity index (χ3n) is 2.44. The van der Waals surface area contributed by atoms with Crippen molar-refractivity contribution in [1.82, 2.24) is 10.0 Å². The largest absolute Gasteiger partial charge is 0.392 e. The van der Waals surface area contributed by atoms with Gasteiger partial charge in [0.1, 0.15) is 0 Å². The van der Waals surface area contributed by atoms with Crippen LogP contribution in [-0.4, -0.2) is 38.1 Å². The molecule has 1 aromatic carbocycles. The normalized spacial score (nSPS) is 13.2. The summed E-state index contributed by atoms with van der Waals surface area (Å²) in [7, 11) is -3.70. The zero-order valence-electron chi connectivity index (χ0n) is 12.1. The summed E-state index contributed by atoms with van der Waals surface area (Å²) in [4.78, 5) is 11.9. The van der Waals surface area contributed by atoms with Crippen molar-refractivity contribution in [3.8, 4) is 0 Å². The van der Waals surface area contributed by atoms with Crippen molar-refractivity contribution in [2.45, 2.75) is 37.8 Å². The third-order valence-corrected chi connectivity index (χ3v) is 4.43. The Hall–Kier alpha value is -1.15. The second-order valence-corrected chi connectivity index (χ2v) is 7.10. The Morgan fingerprint density at radius 1 is 1.33 bits per heavy atom. The van der Waals surface area contributed by atoms with Crippen LogP contribution in [0.25, 0.3) is 0 Å². The molecule has 1 atom stereocenters. The van der Waals surface area contributed by atoms with Crippen molar-refractivity contribution < 1.29 is 18.3 Å². The topological polar surface area (TPSA) is 95.5 Å². The van der Waals surface area contributed by atoms with Crippen LogP contribution >= 0.6 is 11.6 Å². The Labute approximate surface area is 129 Å². The highest BCUT2D eigenvalue weighted by molar-refractivity contribution is 7.89. The molecule has 1 aromatic rings. The van der Waals surface area contributed by atoms with Gasteiger partial charge in [0.2, 0.25) is 10.0 Å². The third kappa shape index (κ3) is 5.28. The number of amides is 1. The van der Waals surface area contributed by atoms with Gasteiger partial charge in [-0.1, -0.05) is 11.6 Å². The Balaban J connectivity index is 3.08. The summed E-state index contributed by atoms with van der Waals surface area (Å²) in [5.41, 5.74) is 0.0453. The van der Waals surface area contributed by atoms with Gasteiger partial charge in [-0.25, -0.2) is 13.1 Å². The van der Waals surface area contributed by atoms with Crippen molar-refractivity contribution in [3.05, 3.63) is 28.8 Å². The molecule has 0 spiro atoms. The number of halogens is 1. The van der Waals surface area contributed by atoms with E-state index >= 15 is 0 Å². The lowest BCUT2D eigenvalue weighted by molar-refractivity contribution is 0.0924. The first kappa shape index (κ1) is 17.9. The minimum atomic E-state index is -3.70. The molecular formula is C13H19ClN2O4S. The van der Waals surface area contributed by atoms with Crippen LogP contribution in [0.1, 0.15) is 31.1 Å². The van der Waals surface area contributed by atoms with Gasteiger partial charge in [-0.15, -0.1) is 0 Å². The number of carbonyl (C=O) groups is 1. The van der Waals surface area contributed by atoms with Crippen LogP contribution in [0.2, 0.25) is 5.02 Å². The van der Waals surface area contributed by atoms with Crippen LogP contribution in [0.15, 0.2) is 23.1 Å². The molecular weight excluding hydrogens is 316 g/mol. The first-order valence-electron chi connectivity index (χ1n) is 6.41. The molecule has 21 heavy (non-hydrogen) atoms. The maximum atomic E-state index is 12.1. The number of aliphatic hydroxyl groups is 1. The van der Waals surface area contributed by atoms with Gasteiger partial charge in [-0.05, 0) is 39.0 Å². The van der Waals surface area contributed by atoms with Crippen LogP contribution in [-0.2, 0) is 10.0 Å². The minimum absolute atomic E-state index is 0.0391. The number of benzene rings is 1. The van der Waals surface area contributed by atoms with Gasteiger partial charge in [0, 0.05) is 12.6 Å². The Bertz CT molecular complexity index is 615. The highest BCUT2D eigenvalue weighted by Crippen LogP contribution is 2.20. The Kier molecular flexibility index (Phi) is 6.15. The fourth-order valence-corrected chi connectivity index (χ4v) is 3.04. The lowest BCUT2D eigenvalue weighted by Crippen LogP contribution is -2.32. The molecule has 1 amide bonds. The van der Waals surface area contributed by atoms with Gasteiger partial charge in [0.15, 0.2) is 0 Å². The van der Waals surface area contributed by atoms with E-state index in [0.717, 1.165) is 0 Å². The molecule has 0 aliphatic rings. The molecule has 1 unspecified atom stereocenters. The predicted octanol–water partition coefficient (Wildman–Crippen LogP) is 1.14. The number of nitrogens with one attached hydrogen (secondary N) is 2. The average molecular weight is 335 g/mol. The standard InChI is InChI=1S/C13H19ClN2O4S/c1-8(2)16-21(19,20)10-4-5-12(14)11(6-10)13(18)15-7-9(3)17/h4-6,8-9,16-17H,7H2,1-3H3,(H,15,18). The number of rotatable bonds is 6. The van der Waals surface area contributed by atoms with Crippen molar-refractivity contribution in [1.29, 1.82) is 0 Å². The van der Waals surface area contributed by atoms with Crippen LogP contribution < -0.4 is 10.0 Å². The molecule has 118 valence electrons. The molecule has 0 radical (unpaired) electrons. The average Bonchev–Trinajstić information content (AvgIpc) is 2.34. The minimum Gasteiger partial charge on any atom is -0.392 e. The van der Waals surface area contributed by atoms with Crippen molar-refractivity contribution in [2.75, 3.05) is 6.54 Å². The van der Waals surface area contributed by atoms with Gasteiger partial charge in [-0.2, -0.15) is 0 Å². The molecule has 0 fully saturated rings. The summed E-state index contributed by atoms with van der Waals surface area (Å²) in [6.45, 7) is 4.97. The maximum absolute atomic E-state index is 12.1. The lowest BCUT2D eigenvalue weighted by Gasteiger charge is -2.12. The molecule has 0 aromatic heterocycles. The highest BCUT2D eigenvalue weighted by atomic mass is 35.5. The van der Waals surface area contributed by atoms with Gasteiger partial charge in [0.05, 0.1) is 21.6 Å². The number of hydrogen-bond acceptors (Lipinski definition) is 4. The van der Waals surface area contributed by atoms with Crippen molar-refractivity contribution in [2.24, 2.45) is 0 Å². The van der Waals surface area contributed by atoms with E-state index in [-0.39, 0.29) is 28.1 Å². The van der Waals surface area contributed by atoms with Crippen LogP contribution in [0.5, 0.6) is 0 Å². The predicted molar refractivity (Wildman–Crippen MR) is 80.9 cm³/mol. The van der Waals surface area contributed by atoms with E-state index in [0.29, 0.717) is 0 Å². The zero-order chi connectivity index (χ0) is 16.2. The molecule has 0 aliphatic heterocycles. The second kappa shape index (κ2) is 7.22. The summed E-state index contributed by atoms with van der Waals surface area (Å²) in [6, 6.07) is 3.63. The van der Waals surface area contributed by atoms with E-state index in [1.165, 1.54) is 25.1 Å². The maximum Gasteiger partial charge on any atom is 0.252 e. The first-order valence-corrected chi connectivity index (χ1v) is 8.27. The van der Waals surface area contributed by atoms with E-state index in [1.807, 2.05) is 0 Å². The van der Waals surface area contributed by atoms with Crippen molar-refractivity contribution >= 4 is 27.5 Å². The monoisotopic (exact) mass is 334 g/mol. The van der Waals surface area contributed by atoms with E-state index in [9.17, 15) is 13.2 Å². The highest BCUT2D eigenvalue weighted by Gasteiger charge is 2.19. The van der Waals surface area contributed by atoms with Gasteiger partial charge in [0.25, 0.3) is 5.91 Å². The Morgan fingerprint density at radius 2 is 1.95 bits per heavy atom. The summed E-state index contributed by atoms with van der Waals surface area (Å²) in [5.74, 6) is -0.539. The van der Waals surface area contributed by atoms with E-state index in [2.05, 4.69) is 10.0 Å². The molecule has 6 nitrogen and oxygen atoms in total. The summed E-state index contributed by atoms with van der Waals surface area (Å²) >= 11 is 5.92. The number of aliphatic hydroxyl groups excluding tert-OH is 1. The number of hydrogen-bond donors (Lipinski definition) is 3. The molecule has 8 heteroatoms. The molecule has 0 saturated carbocycles. The Morgan fingerprint density at radius 3 is 2.48 bits per heavy atom. The molecule has 3 N–H and O–H groups in total. The van der Waals surface area contributed by atoms with Crippen LogP contribution in [0, 0.1) is 0 Å². The van der Waals surface area contributed by atoms with Gasteiger partial charge in [-0.3, -0.25) is 4.79 Å². The molecule has 0 aliphatic carbocycles. The number of carbonyl (C=O) groups excluding carboxylic acids is 1. The number of sulfonamides is 1. The summed E-state index contributed by atoms with van der Waals surface area (Å²) in [5, 5.41) is 11.8. The fourth-order valence-electron chi connectivity index (χ4n) is 1.56. The lowest BCUT2D eigenvalue weighted by atomic mass is 10.2. The van der Waals surface area contributed by atoms with E-state index in [1.54, 1.807) is 13.8 Å². The SMILES string of the molecule is CC(O)CNC(=O)c1cc(S(=O)(=O)NC(C)C)ccc1Cl. The van der Waals surface area contributed by atoms with E-state index in [4.69, 9.17) is 16.7 Å². The van der Waals surface area contributed by atoms with E-state index < -0.39 is 22.0 Å². The zero-order valence-corrected chi connectivity index (χ0v) is 13.6. The fraction of sp³-hybridized carbons (Fsp3) is 0.462. The molecule has 1 rings (SSSR count). The summed E-state index contributed by atoms with van der Waals surface area (Å²) in [6.07, 6.45) is -0.706. The van der Waals surface area contributed by atoms with Crippen LogP contribution in [0.3, 0.4) is 0 Å². The molecule has 0 heterocycles. The van der Waals surface area contributed by atoms with Gasteiger partial charge < -0.3 is 10.4 Å². The summed E-state index contributed by atoms with van der Waals surface area (Å²) < 4.78 is 26.6. The smallest absolute Gasteiger partial charge is 0.252 e. The quantitative estimate of drug-likeness (QED) is 0.727. The van der Waals surface area contributed by atoms with Crippen molar-refractivity contribution in [3.63, 3.8) is 0 Å². The van der Waals surface area contributed by atoms with Crippen LogP contribution in [0.4, 0.5) is 0 Å².